The van der Waals surface area contributed by atoms with Crippen molar-refractivity contribution in [3.05, 3.63) is 68.8 Å². The molecule has 0 radical (unpaired) electrons. The number of hydrogen-bond donors (Lipinski definition) is 1. The molecule has 0 fully saturated rings. The monoisotopic (exact) mass is 424 g/mol. The Morgan fingerprint density at radius 2 is 1.95 bits per heavy atom. The summed E-state index contributed by atoms with van der Waals surface area (Å²) in [7, 11) is 0. The van der Waals surface area contributed by atoms with Crippen molar-refractivity contribution in [2.45, 2.75) is 12.7 Å². The molecule has 0 aliphatic carbocycles. The fourth-order valence-electron chi connectivity index (χ4n) is 1.79. The van der Waals surface area contributed by atoms with E-state index in [1.54, 1.807) is 18.0 Å². The molecule has 0 aliphatic rings. The molecule has 0 aliphatic heterocycles. The summed E-state index contributed by atoms with van der Waals surface area (Å²) in [6.07, 6.45) is 1.65. The van der Waals surface area contributed by atoms with Gasteiger partial charge in [-0.1, -0.05) is 36.4 Å². The maximum Gasteiger partial charge on any atom is 0.250 e. The molecule has 0 heterocycles. The van der Waals surface area contributed by atoms with Crippen LogP contribution in [0.15, 0.2) is 53.6 Å². The van der Waals surface area contributed by atoms with E-state index in [9.17, 15) is 4.79 Å². The zero-order chi connectivity index (χ0) is 15.8. The molecule has 0 atom stereocenters. The molecule has 114 valence electrons. The van der Waals surface area contributed by atoms with Gasteiger partial charge in [0.2, 0.25) is 5.91 Å². The number of hydrazone groups is 1. The maximum absolute atomic E-state index is 11.7. The van der Waals surface area contributed by atoms with Crippen molar-refractivity contribution in [1.82, 2.24) is 5.43 Å². The van der Waals surface area contributed by atoms with Crippen molar-refractivity contribution in [2.75, 3.05) is 5.75 Å². The Kier molecular flexibility index (Phi) is 6.92. The van der Waals surface area contributed by atoms with E-state index in [1.807, 2.05) is 36.4 Å². The van der Waals surface area contributed by atoms with Crippen LogP contribution in [0, 0.1) is 10.5 Å². The Balaban J connectivity index is 1.72. The molecule has 22 heavy (non-hydrogen) atoms. The summed E-state index contributed by atoms with van der Waals surface area (Å²) < 4.78 is 1.17. The van der Waals surface area contributed by atoms with E-state index in [2.05, 4.69) is 52.2 Å². The van der Waals surface area contributed by atoms with Crippen molar-refractivity contribution in [2.24, 2.45) is 5.10 Å². The Hall–Kier alpha value is -1.34. The van der Waals surface area contributed by atoms with Gasteiger partial charge in [0.1, 0.15) is 0 Å². The minimum absolute atomic E-state index is 0.0830. The fourth-order valence-corrected chi connectivity index (χ4v) is 3.04. The molecule has 2 rings (SSSR count). The Bertz CT molecular complexity index is 656. The van der Waals surface area contributed by atoms with E-state index in [0.29, 0.717) is 5.75 Å². The standard InChI is InChI=1S/C17H17IN2OS/c1-13-4-2-3-5-15(13)11-22-12-17(21)20-19-10-14-6-8-16(18)9-7-14/h2-10H,11-12H2,1H3,(H,20,21)/b19-10+. The summed E-state index contributed by atoms with van der Waals surface area (Å²) in [5.74, 6) is 1.15. The summed E-state index contributed by atoms with van der Waals surface area (Å²) in [6, 6.07) is 16.2. The molecule has 0 spiro atoms. The zero-order valence-electron chi connectivity index (χ0n) is 12.3. The van der Waals surface area contributed by atoms with Gasteiger partial charge in [-0.3, -0.25) is 4.79 Å². The highest BCUT2D eigenvalue weighted by Gasteiger charge is 2.02. The number of carbonyl (C=O) groups excluding carboxylic acids is 1. The predicted molar refractivity (Wildman–Crippen MR) is 102 cm³/mol. The minimum atomic E-state index is -0.0830. The number of rotatable bonds is 6. The lowest BCUT2D eigenvalue weighted by atomic mass is 10.1. The van der Waals surface area contributed by atoms with E-state index >= 15 is 0 Å². The van der Waals surface area contributed by atoms with E-state index < -0.39 is 0 Å². The third-order valence-electron chi connectivity index (χ3n) is 3.02. The SMILES string of the molecule is Cc1ccccc1CSCC(=O)N/N=C/c1ccc(I)cc1. The molecule has 5 heteroatoms. The minimum Gasteiger partial charge on any atom is -0.272 e. The van der Waals surface area contributed by atoms with Gasteiger partial charge in [0.15, 0.2) is 0 Å². The lowest BCUT2D eigenvalue weighted by Crippen LogP contribution is -2.19. The van der Waals surface area contributed by atoms with E-state index in [4.69, 9.17) is 0 Å². The normalized spacial score (nSPS) is 10.8. The van der Waals surface area contributed by atoms with Crippen LogP contribution in [0.25, 0.3) is 0 Å². The lowest BCUT2D eigenvalue weighted by molar-refractivity contribution is -0.118. The molecular formula is C17H17IN2OS. The number of thioether (sulfide) groups is 1. The first kappa shape index (κ1) is 17.0. The topological polar surface area (TPSA) is 41.5 Å². The Morgan fingerprint density at radius 1 is 1.23 bits per heavy atom. The number of nitrogens with zero attached hydrogens (tertiary/aromatic N) is 1. The van der Waals surface area contributed by atoms with Gasteiger partial charge in [-0.25, -0.2) is 5.43 Å². The van der Waals surface area contributed by atoms with Gasteiger partial charge in [-0.2, -0.15) is 5.10 Å². The average Bonchev–Trinajstić information content (AvgIpc) is 2.51. The number of halogens is 1. The van der Waals surface area contributed by atoms with Crippen molar-refractivity contribution >= 4 is 46.5 Å². The number of hydrogen-bond acceptors (Lipinski definition) is 3. The third kappa shape index (κ3) is 5.81. The third-order valence-corrected chi connectivity index (χ3v) is 4.73. The first-order valence-electron chi connectivity index (χ1n) is 6.85. The summed E-state index contributed by atoms with van der Waals surface area (Å²) >= 11 is 3.84. The number of nitrogens with one attached hydrogen (secondary N) is 1. The summed E-state index contributed by atoms with van der Waals surface area (Å²) in [6.45, 7) is 2.08. The highest BCUT2D eigenvalue weighted by atomic mass is 127. The van der Waals surface area contributed by atoms with Crippen LogP contribution in [0.5, 0.6) is 0 Å². The molecule has 0 unspecified atom stereocenters. The second kappa shape index (κ2) is 8.95. The van der Waals surface area contributed by atoms with Crippen molar-refractivity contribution in [3.8, 4) is 0 Å². The zero-order valence-corrected chi connectivity index (χ0v) is 15.2. The molecule has 1 N–H and O–H groups in total. The van der Waals surface area contributed by atoms with Crippen LogP contribution in [0.2, 0.25) is 0 Å². The second-order valence-electron chi connectivity index (χ2n) is 4.76. The van der Waals surface area contributed by atoms with Crippen molar-refractivity contribution in [3.63, 3.8) is 0 Å². The number of aryl methyl sites for hydroxylation is 1. The molecule has 2 aromatic carbocycles. The highest BCUT2D eigenvalue weighted by Crippen LogP contribution is 2.15. The van der Waals surface area contributed by atoms with Gasteiger partial charge in [0.05, 0.1) is 12.0 Å². The predicted octanol–water partition coefficient (Wildman–Crippen LogP) is 3.98. The van der Waals surface area contributed by atoms with E-state index in [1.165, 1.54) is 14.7 Å². The smallest absolute Gasteiger partial charge is 0.250 e. The van der Waals surface area contributed by atoms with Gasteiger partial charge in [-0.15, -0.1) is 11.8 Å². The van der Waals surface area contributed by atoms with E-state index in [0.717, 1.165) is 11.3 Å². The molecule has 1 amide bonds. The van der Waals surface area contributed by atoms with Crippen LogP contribution in [0.4, 0.5) is 0 Å². The Labute approximate surface area is 148 Å². The maximum atomic E-state index is 11.7. The van der Waals surface area contributed by atoms with Crippen molar-refractivity contribution in [1.29, 1.82) is 0 Å². The van der Waals surface area contributed by atoms with Crippen LogP contribution in [-0.2, 0) is 10.5 Å². The summed E-state index contributed by atoms with van der Waals surface area (Å²) in [5.41, 5.74) is 6.04. The average molecular weight is 424 g/mol. The number of benzene rings is 2. The van der Waals surface area contributed by atoms with Crippen LogP contribution in [-0.4, -0.2) is 17.9 Å². The first-order chi connectivity index (χ1) is 10.6. The first-order valence-corrected chi connectivity index (χ1v) is 9.08. The largest absolute Gasteiger partial charge is 0.272 e. The quantitative estimate of drug-likeness (QED) is 0.433. The summed E-state index contributed by atoms with van der Waals surface area (Å²) in [5, 5.41) is 3.97. The lowest BCUT2D eigenvalue weighted by Gasteiger charge is -2.04. The van der Waals surface area contributed by atoms with Crippen LogP contribution in [0.3, 0.4) is 0 Å². The van der Waals surface area contributed by atoms with Crippen LogP contribution in [0.1, 0.15) is 16.7 Å². The van der Waals surface area contributed by atoms with Gasteiger partial charge >= 0.3 is 0 Å². The van der Waals surface area contributed by atoms with Crippen LogP contribution < -0.4 is 5.43 Å². The number of amides is 1. The van der Waals surface area contributed by atoms with Gasteiger partial charge in [0, 0.05) is 9.32 Å². The van der Waals surface area contributed by atoms with E-state index in [-0.39, 0.29) is 5.91 Å². The van der Waals surface area contributed by atoms with Crippen molar-refractivity contribution < 1.29 is 4.79 Å². The summed E-state index contributed by atoms with van der Waals surface area (Å²) in [4.78, 5) is 11.7. The molecule has 3 nitrogen and oxygen atoms in total. The fraction of sp³-hybridized carbons (Fsp3) is 0.176. The highest BCUT2D eigenvalue weighted by molar-refractivity contribution is 14.1. The molecule has 0 saturated carbocycles. The second-order valence-corrected chi connectivity index (χ2v) is 7.00. The molecule has 2 aromatic rings. The molecular weight excluding hydrogens is 407 g/mol. The van der Waals surface area contributed by atoms with Gasteiger partial charge in [0.25, 0.3) is 0 Å². The molecule has 0 aromatic heterocycles. The number of carbonyl (C=O) groups is 1. The van der Waals surface area contributed by atoms with Crippen LogP contribution >= 0.6 is 34.4 Å². The van der Waals surface area contributed by atoms with Gasteiger partial charge < -0.3 is 0 Å². The van der Waals surface area contributed by atoms with Gasteiger partial charge in [-0.05, 0) is 58.3 Å². The molecule has 0 bridgehead atoms. The molecule has 0 saturated heterocycles. The Morgan fingerprint density at radius 3 is 2.68 bits per heavy atom.